The van der Waals surface area contributed by atoms with E-state index in [4.69, 9.17) is 11.6 Å². The summed E-state index contributed by atoms with van der Waals surface area (Å²) in [5.74, 6) is 1.81. The highest BCUT2D eigenvalue weighted by molar-refractivity contribution is 6.29. The Morgan fingerprint density at radius 3 is 2.76 bits per heavy atom. The first-order chi connectivity index (χ1) is 7.92. The largest absolute Gasteiger partial charge is 0.396 e. The average Bonchev–Trinajstić information content (AvgIpc) is 2.52. The lowest BCUT2D eigenvalue weighted by atomic mass is 9.83. The van der Waals surface area contributed by atoms with E-state index in [0.29, 0.717) is 11.0 Å². The topological polar surface area (TPSA) is 49.2 Å². The van der Waals surface area contributed by atoms with Crippen molar-refractivity contribution in [3.05, 3.63) is 17.0 Å². The van der Waals surface area contributed by atoms with E-state index >= 15 is 0 Å². The van der Waals surface area contributed by atoms with Crippen LogP contribution in [0.2, 0.25) is 5.15 Å². The van der Waals surface area contributed by atoms with E-state index in [1.807, 2.05) is 6.92 Å². The van der Waals surface area contributed by atoms with Crippen LogP contribution in [-0.4, -0.2) is 34.8 Å². The van der Waals surface area contributed by atoms with Crippen LogP contribution in [0.3, 0.4) is 0 Å². The van der Waals surface area contributed by atoms with Gasteiger partial charge in [0.25, 0.3) is 0 Å². The van der Waals surface area contributed by atoms with Gasteiger partial charge in [-0.15, -0.1) is 0 Å². The second-order valence-electron chi connectivity index (χ2n) is 5.34. The lowest BCUT2D eigenvalue weighted by Gasteiger charge is -2.23. The third kappa shape index (κ3) is 2.53. The summed E-state index contributed by atoms with van der Waals surface area (Å²) in [5, 5.41) is 9.86. The SMILES string of the molecule is Cc1nc(Cl)cc(N2C[C@H](CO)C(C)(C)C2)n1. The molecule has 1 N–H and O–H groups in total. The molecule has 0 radical (unpaired) electrons. The number of hydrogen-bond acceptors (Lipinski definition) is 4. The van der Waals surface area contributed by atoms with Gasteiger partial charge in [-0.3, -0.25) is 0 Å². The van der Waals surface area contributed by atoms with E-state index in [9.17, 15) is 5.11 Å². The molecule has 1 aliphatic heterocycles. The molecule has 0 unspecified atom stereocenters. The molecule has 0 amide bonds. The van der Waals surface area contributed by atoms with Crippen molar-refractivity contribution < 1.29 is 5.11 Å². The molecule has 2 heterocycles. The highest BCUT2D eigenvalue weighted by Gasteiger charge is 2.39. The van der Waals surface area contributed by atoms with Crippen LogP contribution in [0.15, 0.2) is 6.07 Å². The van der Waals surface area contributed by atoms with E-state index in [1.54, 1.807) is 6.07 Å². The Labute approximate surface area is 107 Å². The van der Waals surface area contributed by atoms with Crippen LogP contribution < -0.4 is 4.90 Å². The number of aliphatic hydroxyl groups excluding tert-OH is 1. The molecule has 1 aliphatic rings. The number of aliphatic hydroxyl groups is 1. The third-order valence-corrected chi connectivity index (χ3v) is 3.68. The Kier molecular flexibility index (Phi) is 3.27. The van der Waals surface area contributed by atoms with Crippen molar-refractivity contribution in [3.8, 4) is 0 Å². The number of halogens is 1. The van der Waals surface area contributed by atoms with Gasteiger partial charge < -0.3 is 10.0 Å². The van der Waals surface area contributed by atoms with Crippen LogP contribution in [0.1, 0.15) is 19.7 Å². The molecule has 5 heteroatoms. The maximum absolute atomic E-state index is 9.39. The van der Waals surface area contributed by atoms with Gasteiger partial charge in [-0.1, -0.05) is 25.4 Å². The Morgan fingerprint density at radius 1 is 1.53 bits per heavy atom. The van der Waals surface area contributed by atoms with Crippen molar-refractivity contribution in [3.63, 3.8) is 0 Å². The molecule has 0 saturated carbocycles. The Hall–Kier alpha value is -0.870. The molecule has 2 rings (SSSR count). The molecule has 1 fully saturated rings. The Bertz CT molecular complexity index is 402. The standard InChI is InChI=1S/C12H18ClN3O/c1-8-14-10(13)4-11(15-8)16-5-9(6-17)12(2,3)7-16/h4,9,17H,5-7H2,1-3H3/t9-/m1/s1. The summed E-state index contributed by atoms with van der Waals surface area (Å²) < 4.78 is 0. The number of hydrogen-bond donors (Lipinski definition) is 1. The van der Waals surface area contributed by atoms with Gasteiger partial charge in [0.05, 0.1) is 0 Å². The lowest BCUT2D eigenvalue weighted by Crippen LogP contribution is -2.25. The van der Waals surface area contributed by atoms with Gasteiger partial charge in [-0.2, -0.15) is 0 Å². The molecule has 0 bridgehead atoms. The summed E-state index contributed by atoms with van der Waals surface area (Å²) in [5.41, 5.74) is 0.0973. The van der Waals surface area contributed by atoms with E-state index in [0.717, 1.165) is 18.9 Å². The normalized spacial score (nSPS) is 23.1. The van der Waals surface area contributed by atoms with Gasteiger partial charge in [-0.05, 0) is 12.3 Å². The monoisotopic (exact) mass is 255 g/mol. The minimum absolute atomic E-state index is 0.0973. The quantitative estimate of drug-likeness (QED) is 0.820. The Morgan fingerprint density at radius 2 is 2.24 bits per heavy atom. The van der Waals surface area contributed by atoms with Gasteiger partial charge in [0.1, 0.15) is 16.8 Å². The summed E-state index contributed by atoms with van der Waals surface area (Å²) in [6.07, 6.45) is 0. The smallest absolute Gasteiger partial charge is 0.134 e. The predicted octanol–water partition coefficient (Wildman–Crippen LogP) is 1.89. The van der Waals surface area contributed by atoms with Gasteiger partial charge >= 0.3 is 0 Å². The molecular formula is C12H18ClN3O. The highest BCUT2D eigenvalue weighted by Crippen LogP contribution is 2.37. The molecular weight excluding hydrogens is 238 g/mol. The highest BCUT2D eigenvalue weighted by atomic mass is 35.5. The maximum Gasteiger partial charge on any atom is 0.134 e. The second kappa shape index (κ2) is 4.42. The fourth-order valence-corrected chi connectivity index (χ4v) is 2.58. The van der Waals surface area contributed by atoms with Crippen LogP contribution in [-0.2, 0) is 0 Å². The predicted molar refractivity (Wildman–Crippen MR) is 68.3 cm³/mol. The third-order valence-electron chi connectivity index (χ3n) is 3.48. The van der Waals surface area contributed by atoms with Crippen molar-refractivity contribution in [2.24, 2.45) is 11.3 Å². The van der Waals surface area contributed by atoms with Gasteiger partial charge in [0, 0.05) is 31.7 Å². The van der Waals surface area contributed by atoms with Crippen LogP contribution in [0.4, 0.5) is 5.82 Å². The van der Waals surface area contributed by atoms with E-state index in [2.05, 4.69) is 28.7 Å². The summed E-state index contributed by atoms with van der Waals surface area (Å²) in [7, 11) is 0. The minimum atomic E-state index is 0.0973. The van der Waals surface area contributed by atoms with E-state index < -0.39 is 0 Å². The van der Waals surface area contributed by atoms with Gasteiger partial charge in [0.2, 0.25) is 0 Å². The van der Waals surface area contributed by atoms with Crippen molar-refractivity contribution in [1.82, 2.24) is 9.97 Å². The van der Waals surface area contributed by atoms with Gasteiger partial charge in [0.15, 0.2) is 0 Å². The summed E-state index contributed by atoms with van der Waals surface area (Å²) in [6.45, 7) is 8.08. The molecule has 1 atom stereocenters. The van der Waals surface area contributed by atoms with Crippen LogP contribution in [0.25, 0.3) is 0 Å². The van der Waals surface area contributed by atoms with Crippen molar-refractivity contribution in [1.29, 1.82) is 0 Å². The lowest BCUT2D eigenvalue weighted by molar-refractivity contribution is 0.161. The molecule has 4 nitrogen and oxygen atoms in total. The molecule has 0 aliphatic carbocycles. The fourth-order valence-electron chi connectivity index (χ4n) is 2.36. The number of rotatable bonds is 2. The first-order valence-electron chi connectivity index (χ1n) is 5.79. The number of anilines is 1. The molecule has 1 aromatic rings. The molecule has 17 heavy (non-hydrogen) atoms. The minimum Gasteiger partial charge on any atom is -0.396 e. The van der Waals surface area contributed by atoms with Crippen LogP contribution in [0, 0.1) is 18.3 Å². The zero-order valence-corrected chi connectivity index (χ0v) is 11.2. The van der Waals surface area contributed by atoms with Gasteiger partial charge in [-0.25, -0.2) is 9.97 Å². The average molecular weight is 256 g/mol. The van der Waals surface area contributed by atoms with Crippen molar-refractivity contribution in [2.45, 2.75) is 20.8 Å². The molecule has 94 valence electrons. The Balaban J connectivity index is 2.25. The summed E-state index contributed by atoms with van der Waals surface area (Å²) in [6, 6.07) is 1.78. The summed E-state index contributed by atoms with van der Waals surface area (Å²) >= 11 is 5.94. The summed E-state index contributed by atoms with van der Waals surface area (Å²) in [4.78, 5) is 10.6. The van der Waals surface area contributed by atoms with E-state index in [1.165, 1.54) is 0 Å². The zero-order chi connectivity index (χ0) is 12.6. The zero-order valence-electron chi connectivity index (χ0n) is 10.4. The maximum atomic E-state index is 9.39. The first-order valence-corrected chi connectivity index (χ1v) is 6.17. The number of nitrogens with zero attached hydrogens (tertiary/aromatic N) is 3. The molecule has 1 aromatic heterocycles. The molecule has 1 saturated heterocycles. The fraction of sp³-hybridized carbons (Fsp3) is 0.667. The second-order valence-corrected chi connectivity index (χ2v) is 5.73. The van der Waals surface area contributed by atoms with Crippen LogP contribution >= 0.6 is 11.6 Å². The first kappa shape index (κ1) is 12.6. The molecule has 0 aromatic carbocycles. The number of aryl methyl sites for hydroxylation is 1. The van der Waals surface area contributed by atoms with Crippen molar-refractivity contribution >= 4 is 17.4 Å². The van der Waals surface area contributed by atoms with Crippen LogP contribution in [0.5, 0.6) is 0 Å². The number of aromatic nitrogens is 2. The van der Waals surface area contributed by atoms with E-state index in [-0.39, 0.29) is 17.9 Å². The van der Waals surface area contributed by atoms with Crippen molar-refractivity contribution in [2.75, 3.05) is 24.6 Å². The molecule has 0 spiro atoms.